The van der Waals surface area contributed by atoms with Crippen molar-refractivity contribution in [3.05, 3.63) is 0 Å². The SMILES string of the molecule is C[C@H](CS(=O)(=O)N1CCOCC1)C(=O)O. The van der Waals surface area contributed by atoms with Crippen molar-refractivity contribution >= 4 is 16.0 Å². The summed E-state index contributed by atoms with van der Waals surface area (Å²) in [5.41, 5.74) is 0. The van der Waals surface area contributed by atoms with Crippen molar-refractivity contribution in [1.82, 2.24) is 4.31 Å². The summed E-state index contributed by atoms with van der Waals surface area (Å²) in [6.07, 6.45) is 0. The van der Waals surface area contributed by atoms with Gasteiger partial charge in [-0.3, -0.25) is 4.79 Å². The number of carboxylic acids is 1. The summed E-state index contributed by atoms with van der Waals surface area (Å²) in [5, 5.41) is 8.64. The van der Waals surface area contributed by atoms with E-state index in [4.69, 9.17) is 9.84 Å². The molecule has 0 unspecified atom stereocenters. The third-order valence-electron chi connectivity index (χ3n) is 2.25. The number of carboxylic acid groups (broad SMARTS) is 1. The molecule has 0 aromatic carbocycles. The van der Waals surface area contributed by atoms with Gasteiger partial charge in [0.1, 0.15) is 0 Å². The Labute approximate surface area is 88.9 Å². The van der Waals surface area contributed by atoms with E-state index < -0.39 is 21.9 Å². The molecule has 15 heavy (non-hydrogen) atoms. The maximum Gasteiger partial charge on any atom is 0.307 e. The van der Waals surface area contributed by atoms with E-state index in [2.05, 4.69) is 0 Å². The van der Waals surface area contributed by atoms with Crippen LogP contribution in [0.25, 0.3) is 0 Å². The first kappa shape index (κ1) is 12.4. The Hall–Kier alpha value is -0.660. The molecule has 0 bridgehead atoms. The summed E-state index contributed by atoms with van der Waals surface area (Å²) >= 11 is 0. The fourth-order valence-corrected chi connectivity index (χ4v) is 3.01. The first-order chi connectivity index (χ1) is 6.93. The number of morpholine rings is 1. The second-order valence-corrected chi connectivity index (χ2v) is 5.54. The van der Waals surface area contributed by atoms with Crippen LogP contribution in [0, 0.1) is 5.92 Å². The molecule has 1 atom stereocenters. The molecule has 0 aliphatic carbocycles. The van der Waals surface area contributed by atoms with Crippen LogP contribution in [0.5, 0.6) is 0 Å². The molecule has 0 amide bonds. The van der Waals surface area contributed by atoms with Gasteiger partial charge in [0.05, 0.1) is 24.9 Å². The lowest BCUT2D eigenvalue weighted by Gasteiger charge is -2.26. The third-order valence-corrected chi connectivity index (χ3v) is 4.32. The van der Waals surface area contributed by atoms with Crippen LogP contribution >= 0.6 is 0 Å². The molecular weight excluding hydrogens is 222 g/mol. The second kappa shape index (κ2) is 4.91. The summed E-state index contributed by atoms with van der Waals surface area (Å²) < 4.78 is 29.7. The molecule has 6 nitrogen and oxygen atoms in total. The molecule has 1 N–H and O–H groups in total. The van der Waals surface area contributed by atoms with E-state index in [9.17, 15) is 13.2 Å². The van der Waals surface area contributed by atoms with Gasteiger partial charge in [-0.2, -0.15) is 4.31 Å². The zero-order valence-electron chi connectivity index (χ0n) is 8.55. The van der Waals surface area contributed by atoms with E-state index in [1.54, 1.807) is 0 Å². The summed E-state index contributed by atoms with van der Waals surface area (Å²) in [7, 11) is -3.46. The van der Waals surface area contributed by atoms with E-state index in [-0.39, 0.29) is 5.75 Å². The molecule has 1 fully saturated rings. The van der Waals surface area contributed by atoms with Gasteiger partial charge in [-0.15, -0.1) is 0 Å². The predicted octanol–water partition coefficient (Wildman–Crippen LogP) is -0.631. The average Bonchev–Trinajstić information content (AvgIpc) is 2.18. The second-order valence-electron chi connectivity index (χ2n) is 3.53. The largest absolute Gasteiger partial charge is 0.481 e. The Kier molecular flexibility index (Phi) is 4.06. The minimum Gasteiger partial charge on any atom is -0.481 e. The van der Waals surface area contributed by atoms with Crippen molar-refractivity contribution in [2.24, 2.45) is 5.92 Å². The molecule has 0 aromatic heterocycles. The number of hydrogen-bond acceptors (Lipinski definition) is 4. The molecule has 88 valence electrons. The van der Waals surface area contributed by atoms with Gasteiger partial charge in [-0.1, -0.05) is 6.92 Å². The topological polar surface area (TPSA) is 83.9 Å². The predicted molar refractivity (Wildman–Crippen MR) is 53.0 cm³/mol. The molecule has 0 radical (unpaired) electrons. The minimum absolute atomic E-state index is 0.314. The van der Waals surface area contributed by atoms with Crippen molar-refractivity contribution in [2.75, 3.05) is 32.1 Å². The first-order valence-corrected chi connectivity index (χ1v) is 6.33. The van der Waals surface area contributed by atoms with Crippen LogP contribution in [0.15, 0.2) is 0 Å². The molecule has 1 rings (SSSR count). The van der Waals surface area contributed by atoms with Crippen LogP contribution in [0.3, 0.4) is 0 Å². The van der Waals surface area contributed by atoms with Crippen LogP contribution in [-0.2, 0) is 19.6 Å². The molecule has 1 aliphatic rings. The van der Waals surface area contributed by atoms with E-state index >= 15 is 0 Å². The van der Waals surface area contributed by atoms with Crippen molar-refractivity contribution in [1.29, 1.82) is 0 Å². The Morgan fingerprint density at radius 1 is 1.47 bits per heavy atom. The normalized spacial score (nSPS) is 21.1. The zero-order chi connectivity index (χ0) is 11.5. The Morgan fingerprint density at radius 3 is 2.47 bits per heavy atom. The van der Waals surface area contributed by atoms with Gasteiger partial charge >= 0.3 is 5.97 Å². The van der Waals surface area contributed by atoms with E-state index in [0.717, 1.165) is 0 Å². The molecule has 1 heterocycles. The van der Waals surface area contributed by atoms with Crippen molar-refractivity contribution in [2.45, 2.75) is 6.92 Å². The number of carbonyl (C=O) groups is 1. The van der Waals surface area contributed by atoms with Gasteiger partial charge in [-0.05, 0) is 0 Å². The molecule has 0 saturated carbocycles. The van der Waals surface area contributed by atoms with Crippen molar-refractivity contribution in [3.63, 3.8) is 0 Å². The fraction of sp³-hybridized carbons (Fsp3) is 0.875. The summed E-state index contributed by atoms with van der Waals surface area (Å²) in [5.74, 6) is -2.31. The van der Waals surface area contributed by atoms with Crippen LogP contribution in [0.1, 0.15) is 6.92 Å². The summed E-state index contributed by atoms with van der Waals surface area (Å²) in [6.45, 7) is 2.77. The molecule has 1 aliphatic heterocycles. The molecular formula is C8H15NO5S. The lowest BCUT2D eigenvalue weighted by molar-refractivity contribution is -0.140. The highest BCUT2D eigenvalue weighted by atomic mass is 32.2. The number of hydrogen-bond donors (Lipinski definition) is 1. The van der Waals surface area contributed by atoms with Gasteiger partial charge in [0.15, 0.2) is 0 Å². The van der Waals surface area contributed by atoms with E-state index in [0.29, 0.717) is 26.3 Å². The van der Waals surface area contributed by atoms with Crippen LogP contribution in [0.2, 0.25) is 0 Å². The Balaban J connectivity index is 2.61. The fourth-order valence-electron chi connectivity index (χ4n) is 1.32. The zero-order valence-corrected chi connectivity index (χ0v) is 9.37. The van der Waals surface area contributed by atoms with Gasteiger partial charge in [0.25, 0.3) is 0 Å². The van der Waals surface area contributed by atoms with Gasteiger partial charge in [0.2, 0.25) is 10.0 Å². The maximum atomic E-state index is 11.7. The summed E-state index contributed by atoms with van der Waals surface area (Å²) in [4.78, 5) is 10.6. The lowest BCUT2D eigenvalue weighted by atomic mass is 10.2. The van der Waals surface area contributed by atoms with Crippen LogP contribution in [-0.4, -0.2) is 55.9 Å². The van der Waals surface area contributed by atoms with Crippen LogP contribution < -0.4 is 0 Å². The number of aliphatic carboxylic acids is 1. The van der Waals surface area contributed by atoms with E-state index in [1.807, 2.05) is 0 Å². The van der Waals surface area contributed by atoms with Gasteiger partial charge in [-0.25, -0.2) is 8.42 Å². The van der Waals surface area contributed by atoms with Gasteiger partial charge < -0.3 is 9.84 Å². The first-order valence-electron chi connectivity index (χ1n) is 4.72. The Bertz CT molecular complexity index is 320. The quantitative estimate of drug-likeness (QED) is 0.703. The van der Waals surface area contributed by atoms with Gasteiger partial charge in [0, 0.05) is 13.1 Å². The minimum atomic E-state index is -3.46. The summed E-state index contributed by atoms with van der Waals surface area (Å²) in [6, 6.07) is 0. The average molecular weight is 237 g/mol. The highest BCUT2D eigenvalue weighted by Crippen LogP contribution is 2.10. The number of sulfonamides is 1. The standard InChI is InChI=1S/C8H15NO5S/c1-7(8(10)11)6-15(12,13)9-2-4-14-5-3-9/h7H,2-6H2,1H3,(H,10,11)/t7-/m1/s1. The smallest absolute Gasteiger partial charge is 0.307 e. The molecule has 0 spiro atoms. The molecule has 7 heteroatoms. The third kappa shape index (κ3) is 3.44. The Morgan fingerprint density at radius 2 is 2.00 bits per heavy atom. The van der Waals surface area contributed by atoms with Crippen LogP contribution in [0.4, 0.5) is 0 Å². The molecule has 0 aromatic rings. The monoisotopic (exact) mass is 237 g/mol. The maximum absolute atomic E-state index is 11.7. The highest BCUT2D eigenvalue weighted by Gasteiger charge is 2.28. The van der Waals surface area contributed by atoms with Crippen molar-refractivity contribution in [3.8, 4) is 0 Å². The lowest BCUT2D eigenvalue weighted by Crippen LogP contribution is -2.43. The number of nitrogens with zero attached hydrogens (tertiary/aromatic N) is 1. The number of ether oxygens (including phenoxy) is 1. The number of rotatable bonds is 4. The van der Waals surface area contributed by atoms with E-state index in [1.165, 1.54) is 11.2 Å². The molecule has 1 saturated heterocycles. The van der Waals surface area contributed by atoms with Crippen molar-refractivity contribution < 1.29 is 23.1 Å². The highest BCUT2D eigenvalue weighted by molar-refractivity contribution is 7.89.